The van der Waals surface area contributed by atoms with Crippen LogP contribution in [0.3, 0.4) is 0 Å². The summed E-state index contributed by atoms with van der Waals surface area (Å²) < 4.78 is 0. The molecule has 0 amide bonds. The molecule has 0 unspecified atom stereocenters. The SMILES string of the molecule is CSc1ncc(CNCC2(N(C)Cc3ccccc3)Cc3ccccc3C2)cn1. The smallest absolute Gasteiger partial charge is 0.187 e. The number of hydrogen-bond donors (Lipinski definition) is 1. The summed E-state index contributed by atoms with van der Waals surface area (Å²) in [6, 6.07) is 19.6. The highest BCUT2D eigenvalue weighted by molar-refractivity contribution is 7.98. The second-order valence-corrected chi connectivity index (χ2v) is 8.64. The van der Waals surface area contributed by atoms with Gasteiger partial charge in [0.25, 0.3) is 0 Å². The molecule has 29 heavy (non-hydrogen) atoms. The van der Waals surface area contributed by atoms with Crippen molar-refractivity contribution in [2.75, 3.05) is 19.8 Å². The van der Waals surface area contributed by atoms with Gasteiger partial charge in [-0.3, -0.25) is 4.90 Å². The molecule has 0 atom stereocenters. The van der Waals surface area contributed by atoms with Gasteiger partial charge in [0.15, 0.2) is 5.16 Å². The quantitative estimate of drug-likeness (QED) is 0.455. The van der Waals surface area contributed by atoms with Gasteiger partial charge in [0, 0.05) is 43.1 Å². The summed E-state index contributed by atoms with van der Waals surface area (Å²) in [7, 11) is 2.26. The lowest BCUT2D eigenvalue weighted by Crippen LogP contribution is -2.53. The molecule has 5 heteroatoms. The van der Waals surface area contributed by atoms with Gasteiger partial charge < -0.3 is 5.32 Å². The molecule has 150 valence electrons. The lowest BCUT2D eigenvalue weighted by Gasteiger charge is -2.39. The summed E-state index contributed by atoms with van der Waals surface area (Å²) in [5.74, 6) is 0. The summed E-state index contributed by atoms with van der Waals surface area (Å²) in [6.45, 7) is 2.66. The Hall–Kier alpha value is -2.21. The van der Waals surface area contributed by atoms with E-state index in [9.17, 15) is 0 Å². The fourth-order valence-corrected chi connectivity index (χ4v) is 4.52. The highest BCUT2D eigenvalue weighted by Crippen LogP contribution is 2.34. The average Bonchev–Trinajstić information content (AvgIpc) is 3.15. The van der Waals surface area contributed by atoms with Crippen LogP contribution in [0.4, 0.5) is 0 Å². The molecular formula is C24H28N4S. The Labute approximate surface area is 177 Å². The molecule has 0 aliphatic heterocycles. The van der Waals surface area contributed by atoms with E-state index in [1.54, 1.807) is 11.8 Å². The summed E-state index contributed by atoms with van der Waals surface area (Å²) >= 11 is 1.57. The minimum atomic E-state index is 0.0690. The molecule has 1 aliphatic rings. The standard InChI is InChI=1S/C24H28N4S/c1-28(17-19-8-4-3-5-9-19)24(12-21-10-6-7-11-22(21)13-24)18-25-14-20-15-26-23(29-2)27-16-20/h3-11,15-16,25H,12-14,17-18H2,1-2H3. The number of fused-ring (bicyclic) bond motifs is 1. The molecular weight excluding hydrogens is 376 g/mol. The van der Waals surface area contributed by atoms with Crippen molar-refractivity contribution in [3.05, 3.63) is 89.2 Å². The molecule has 1 aliphatic carbocycles. The summed E-state index contributed by atoms with van der Waals surface area (Å²) in [6.07, 6.45) is 7.99. The van der Waals surface area contributed by atoms with Crippen LogP contribution >= 0.6 is 11.8 Å². The summed E-state index contributed by atoms with van der Waals surface area (Å²) in [4.78, 5) is 11.3. The summed E-state index contributed by atoms with van der Waals surface area (Å²) in [5, 5.41) is 4.51. The van der Waals surface area contributed by atoms with Crippen LogP contribution in [-0.2, 0) is 25.9 Å². The van der Waals surface area contributed by atoms with Crippen LogP contribution in [0.5, 0.6) is 0 Å². The highest BCUT2D eigenvalue weighted by Gasteiger charge is 2.40. The highest BCUT2D eigenvalue weighted by atomic mass is 32.2. The van der Waals surface area contributed by atoms with Crippen molar-refractivity contribution in [1.82, 2.24) is 20.2 Å². The van der Waals surface area contributed by atoms with Crippen molar-refractivity contribution in [3.8, 4) is 0 Å². The molecule has 1 aromatic heterocycles. The fraction of sp³-hybridized carbons (Fsp3) is 0.333. The number of rotatable bonds is 8. The molecule has 4 rings (SSSR count). The van der Waals surface area contributed by atoms with Crippen molar-refractivity contribution in [2.45, 2.75) is 36.6 Å². The predicted octanol–water partition coefficient (Wildman–Crippen LogP) is 3.96. The van der Waals surface area contributed by atoms with Gasteiger partial charge in [-0.05, 0) is 42.8 Å². The van der Waals surface area contributed by atoms with Gasteiger partial charge in [-0.1, -0.05) is 66.4 Å². The lowest BCUT2D eigenvalue weighted by molar-refractivity contribution is 0.117. The van der Waals surface area contributed by atoms with Crippen LogP contribution in [-0.4, -0.2) is 40.3 Å². The molecule has 4 nitrogen and oxygen atoms in total. The van der Waals surface area contributed by atoms with Crippen LogP contribution in [0.2, 0.25) is 0 Å². The molecule has 0 saturated carbocycles. The average molecular weight is 405 g/mol. The first-order valence-corrected chi connectivity index (χ1v) is 11.3. The lowest BCUT2D eigenvalue weighted by atomic mass is 9.92. The number of aromatic nitrogens is 2. The first-order chi connectivity index (χ1) is 14.2. The molecule has 2 aromatic carbocycles. The Bertz CT molecular complexity index is 902. The minimum Gasteiger partial charge on any atom is -0.311 e. The van der Waals surface area contributed by atoms with Crippen molar-refractivity contribution in [1.29, 1.82) is 0 Å². The maximum atomic E-state index is 4.39. The molecule has 1 heterocycles. The monoisotopic (exact) mass is 404 g/mol. The van der Waals surface area contributed by atoms with Crippen LogP contribution in [0.25, 0.3) is 0 Å². The molecule has 0 radical (unpaired) electrons. The molecule has 0 spiro atoms. The Balaban J connectivity index is 1.48. The first-order valence-electron chi connectivity index (χ1n) is 10.1. The van der Waals surface area contributed by atoms with Crippen LogP contribution in [0, 0.1) is 0 Å². The number of hydrogen-bond acceptors (Lipinski definition) is 5. The number of thioether (sulfide) groups is 1. The third-order valence-corrected chi connectivity index (χ3v) is 6.45. The molecule has 0 saturated heterocycles. The van der Waals surface area contributed by atoms with Crippen molar-refractivity contribution in [3.63, 3.8) is 0 Å². The zero-order valence-electron chi connectivity index (χ0n) is 17.1. The van der Waals surface area contributed by atoms with E-state index in [1.165, 1.54) is 16.7 Å². The van der Waals surface area contributed by atoms with E-state index >= 15 is 0 Å². The predicted molar refractivity (Wildman–Crippen MR) is 120 cm³/mol. The van der Waals surface area contributed by atoms with Crippen molar-refractivity contribution >= 4 is 11.8 Å². The van der Waals surface area contributed by atoms with Crippen LogP contribution in [0.15, 0.2) is 72.1 Å². The third kappa shape index (κ3) is 4.69. The second kappa shape index (κ2) is 9.08. The van der Waals surface area contributed by atoms with Crippen molar-refractivity contribution < 1.29 is 0 Å². The van der Waals surface area contributed by atoms with E-state index in [2.05, 4.69) is 81.8 Å². The maximum Gasteiger partial charge on any atom is 0.187 e. The Morgan fingerprint density at radius 3 is 2.17 bits per heavy atom. The Morgan fingerprint density at radius 1 is 0.931 bits per heavy atom. The number of nitrogens with one attached hydrogen (secondary N) is 1. The maximum absolute atomic E-state index is 4.39. The van der Waals surface area contributed by atoms with E-state index in [4.69, 9.17) is 0 Å². The largest absolute Gasteiger partial charge is 0.311 e. The molecule has 0 fully saturated rings. The van der Waals surface area contributed by atoms with Crippen LogP contribution < -0.4 is 5.32 Å². The number of benzene rings is 2. The van der Waals surface area contributed by atoms with Gasteiger partial charge >= 0.3 is 0 Å². The van der Waals surface area contributed by atoms with E-state index in [0.29, 0.717) is 0 Å². The fourth-order valence-electron chi connectivity index (χ4n) is 4.21. The van der Waals surface area contributed by atoms with Crippen molar-refractivity contribution in [2.24, 2.45) is 0 Å². The first kappa shape index (κ1) is 20.1. The van der Waals surface area contributed by atoms with Gasteiger partial charge in [0.05, 0.1) is 0 Å². The van der Waals surface area contributed by atoms with Gasteiger partial charge in [-0.2, -0.15) is 0 Å². The van der Waals surface area contributed by atoms with E-state index in [0.717, 1.165) is 43.2 Å². The van der Waals surface area contributed by atoms with E-state index in [-0.39, 0.29) is 5.54 Å². The topological polar surface area (TPSA) is 41.1 Å². The number of nitrogens with zero attached hydrogens (tertiary/aromatic N) is 3. The Kier molecular flexibility index (Phi) is 6.28. The second-order valence-electron chi connectivity index (χ2n) is 7.87. The molecule has 0 bridgehead atoms. The van der Waals surface area contributed by atoms with Crippen LogP contribution in [0.1, 0.15) is 22.3 Å². The zero-order valence-corrected chi connectivity index (χ0v) is 18.0. The third-order valence-electron chi connectivity index (χ3n) is 5.88. The van der Waals surface area contributed by atoms with E-state index in [1.807, 2.05) is 18.6 Å². The Morgan fingerprint density at radius 2 is 1.55 bits per heavy atom. The van der Waals surface area contributed by atoms with Gasteiger partial charge in [-0.15, -0.1) is 0 Å². The number of likely N-dealkylation sites (N-methyl/N-ethyl adjacent to an activating group) is 1. The zero-order chi connectivity index (χ0) is 20.1. The van der Waals surface area contributed by atoms with Gasteiger partial charge in [-0.25, -0.2) is 9.97 Å². The molecule has 1 N–H and O–H groups in total. The van der Waals surface area contributed by atoms with Gasteiger partial charge in [0.1, 0.15) is 0 Å². The normalized spacial score (nSPS) is 14.9. The van der Waals surface area contributed by atoms with E-state index < -0.39 is 0 Å². The summed E-state index contributed by atoms with van der Waals surface area (Å²) in [5.41, 5.74) is 5.49. The minimum absolute atomic E-state index is 0.0690. The van der Waals surface area contributed by atoms with Gasteiger partial charge in [0.2, 0.25) is 0 Å². The molecule has 3 aromatic rings.